The van der Waals surface area contributed by atoms with Crippen molar-refractivity contribution in [3.8, 4) is 22.3 Å². The Kier molecular flexibility index (Phi) is 4.71. The van der Waals surface area contributed by atoms with Crippen LogP contribution in [0.15, 0.2) is 48.5 Å². The second kappa shape index (κ2) is 6.79. The van der Waals surface area contributed by atoms with E-state index < -0.39 is 9.85 Å². The quantitative estimate of drug-likeness (QED) is 0.388. The number of rotatable bonds is 4. The van der Waals surface area contributed by atoms with Gasteiger partial charge in [0.05, 0.1) is 21.0 Å². The number of nitrogens with zero attached hydrogens (tertiary/aromatic N) is 2. The van der Waals surface area contributed by atoms with Crippen LogP contribution in [-0.2, 0) is 0 Å². The van der Waals surface area contributed by atoms with Crippen molar-refractivity contribution in [1.29, 1.82) is 0 Å². The molecule has 0 unspecified atom stereocenters. The fraction of sp³-hybridized carbons (Fsp3) is 0. The molecule has 0 spiro atoms. The van der Waals surface area contributed by atoms with Crippen molar-refractivity contribution in [3.05, 3.63) is 78.8 Å². The van der Waals surface area contributed by atoms with Crippen LogP contribution in [0.25, 0.3) is 22.3 Å². The Hall–Kier alpha value is -2.48. The minimum Gasteiger partial charge on any atom is -0.258 e. The number of hydrogen-bond acceptors (Lipinski definition) is 5. The molecule has 0 bridgehead atoms. The van der Waals surface area contributed by atoms with Crippen molar-refractivity contribution >= 4 is 44.5 Å². The van der Waals surface area contributed by atoms with E-state index >= 15 is 0 Å². The van der Waals surface area contributed by atoms with Crippen LogP contribution in [0.1, 0.15) is 0 Å². The summed E-state index contributed by atoms with van der Waals surface area (Å²) in [5.41, 5.74) is 1.34. The molecule has 0 N–H and O–H groups in total. The zero-order valence-electron chi connectivity index (χ0n) is 12.3. The second-order valence-electron chi connectivity index (χ2n) is 4.99. The Balaban J connectivity index is 2.37. The van der Waals surface area contributed by atoms with Crippen molar-refractivity contribution in [2.45, 2.75) is 0 Å². The summed E-state index contributed by atoms with van der Waals surface area (Å²) in [6, 6.07) is 12.7. The zero-order valence-corrected chi connectivity index (χ0v) is 14.6. The van der Waals surface area contributed by atoms with Gasteiger partial charge in [0.15, 0.2) is 0 Å². The minimum atomic E-state index is -0.610. The van der Waals surface area contributed by atoms with Crippen LogP contribution in [-0.4, -0.2) is 9.85 Å². The molecular weight excluding hydrogens is 387 g/mol. The molecule has 1 aromatic heterocycles. The molecule has 0 atom stereocenters. The molecule has 0 saturated heterocycles. The number of hydrogen-bond donors (Lipinski definition) is 0. The second-order valence-corrected chi connectivity index (χ2v) is 6.84. The van der Waals surface area contributed by atoms with Crippen molar-refractivity contribution in [3.63, 3.8) is 0 Å². The van der Waals surface area contributed by atoms with E-state index in [9.17, 15) is 20.2 Å². The van der Waals surface area contributed by atoms with Crippen LogP contribution in [0.3, 0.4) is 0 Å². The van der Waals surface area contributed by atoms with Crippen LogP contribution in [0.4, 0.5) is 10.0 Å². The fourth-order valence-electron chi connectivity index (χ4n) is 2.43. The van der Waals surface area contributed by atoms with E-state index in [-0.39, 0.29) is 21.1 Å². The maximum Gasteiger partial charge on any atom is 0.338 e. The molecule has 0 saturated carbocycles. The number of nitro groups is 2. The minimum absolute atomic E-state index is 0.195. The topological polar surface area (TPSA) is 86.3 Å². The Bertz CT molecular complexity index is 891. The van der Waals surface area contributed by atoms with Crippen LogP contribution < -0.4 is 0 Å². The first-order chi connectivity index (χ1) is 11.9. The zero-order chi connectivity index (χ0) is 18.1. The predicted molar refractivity (Wildman–Crippen MR) is 98.5 cm³/mol. The highest BCUT2D eigenvalue weighted by atomic mass is 35.5. The van der Waals surface area contributed by atoms with E-state index in [4.69, 9.17) is 23.2 Å². The van der Waals surface area contributed by atoms with Gasteiger partial charge in [-0.15, -0.1) is 0 Å². The fourth-order valence-corrected chi connectivity index (χ4v) is 3.66. The largest absolute Gasteiger partial charge is 0.338 e. The molecule has 6 nitrogen and oxygen atoms in total. The van der Waals surface area contributed by atoms with E-state index in [1.54, 1.807) is 48.5 Å². The van der Waals surface area contributed by atoms with Gasteiger partial charge in [-0.3, -0.25) is 20.2 Å². The Morgan fingerprint density at radius 3 is 1.28 bits per heavy atom. The van der Waals surface area contributed by atoms with E-state index in [1.165, 1.54) is 0 Å². The molecule has 2 aromatic carbocycles. The first-order valence-corrected chi connectivity index (χ1v) is 8.43. The lowest BCUT2D eigenvalue weighted by Crippen LogP contribution is -1.90. The molecule has 0 amide bonds. The molecular formula is C16H8Cl2N2O4S. The van der Waals surface area contributed by atoms with Gasteiger partial charge in [-0.2, -0.15) is 0 Å². The first-order valence-electron chi connectivity index (χ1n) is 6.86. The predicted octanol–water partition coefficient (Wildman–Crippen LogP) is 6.21. The summed E-state index contributed by atoms with van der Waals surface area (Å²) in [6.07, 6.45) is 0. The van der Waals surface area contributed by atoms with Crippen molar-refractivity contribution in [2.24, 2.45) is 0 Å². The summed E-state index contributed by atoms with van der Waals surface area (Å²) >= 11 is 12.3. The first kappa shape index (κ1) is 17.3. The smallest absolute Gasteiger partial charge is 0.258 e. The van der Waals surface area contributed by atoms with Crippen molar-refractivity contribution in [2.75, 3.05) is 0 Å². The van der Waals surface area contributed by atoms with Gasteiger partial charge < -0.3 is 0 Å². The molecule has 0 aliphatic rings. The Morgan fingerprint density at radius 1 is 0.680 bits per heavy atom. The maximum absolute atomic E-state index is 11.5. The van der Waals surface area contributed by atoms with E-state index in [1.807, 2.05) is 0 Å². The SMILES string of the molecule is O=[N+]([O-])c1sc([N+](=O)[O-])c(-c2ccc(Cl)cc2)c1-c1ccc(Cl)cc1. The van der Waals surface area contributed by atoms with Crippen LogP contribution in [0, 0.1) is 20.2 Å². The van der Waals surface area contributed by atoms with Crippen molar-refractivity contribution < 1.29 is 9.85 Å². The highest BCUT2D eigenvalue weighted by molar-refractivity contribution is 7.19. The van der Waals surface area contributed by atoms with E-state index in [0.717, 1.165) is 0 Å². The molecule has 0 radical (unpaired) electrons. The standard InChI is InChI=1S/C16H8Cl2N2O4S/c17-11-5-1-9(2-6-11)13-14(10-3-7-12(18)8-4-10)16(20(23)24)25-15(13)19(21)22/h1-8H. The van der Waals surface area contributed by atoms with Crippen LogP contribution >= 0.6 is 34.5 Å². The molecule has 126 valence electrons. The summed E-state index contributed by atoms with van der Waals surface area (Å²) in [5.74, 6) is 0. The average Bonchev–Trinajstić information content (AvgIpc) is 2.97. The summed E-state index contributed by atoms with van der Waals surface area (Å²) in [6.45, 7) is 0. The van der Waals surface area contributed by atoms with Gasteiger partial charge in [0.25, 0.3) is 0 Å². The number of benzene rings is 2. The molecule has 3 rings (SSSR count). The van der Waals surface area contributed by atoms with Gasteiger partial charge in [0, 0.05) is 21.4 Å². The van der Waals surface area contributed by atoms with Crippen LogP contribution in [0.2, 0.25) is 10.0 Å². The average molecular weight is 395 g/mol. The Morgan fingerprint density at radius 2 is 1.00 bits per heavy atom. The third-order valence-electron chi connectivity index (χ3n) is 3.47. The van der Waals surface area contributed by atoms with E-state index in [2.05, 4.69) is 0 Å². The molecule has 0 aliphatic heterocycles. The molecule has 0 aliphatic carbocycles. The van der Waals surface area contributed by atoms with Gasteiger partial charge in [-0.1, -0.05) is 47.5 Å². The monoisotopic (exact) mass is 394 g/mol. The summed E-state index contributed by atoms with van der Waals surface area (Å²) in [5, 5.41) is 23.3. The van der Waals surface area contributed by atoms with E-state index in [0.29, 0.717) is 32.5 Å². The molecule has 1 heterocycles. The number of thiophene rings is 1. The summed E-state index contributed by atoms with van der Waals surface area (Å²) < 4.78 is 0. The maximum atomic E-state index is 11.5. The lowest BCUT2D eigenvalue weighted by atomic mass is 9.97. The van der Waals surface area contributed by atoms with Gasteiger partial charge in [0.2, 0.25) is 0 Å². The van der Waals surface area contributed by atoms with Gasteiger partial charge in [-0.25, -0.2) is 0 Å². The highest BCUT2D eigenvalue weighted by Gasteiger charge is 2.34. The third-order valence-corrected chi connectivity index (χ3v) is 5.07. The third kappa shape index (κ3) is 3.34. The molecule has 25 heavy (non-hydrogen) atoms. The summed E-state index contributed by atoms with van der Waals surface area (Å²) in [4.78, 5) is 21.7. The number of halogens is 2. The van der Waals surface area contributed by atoms with Crippen LogP contribution in [0.5, 0.6) is 0 Å². The highest BCUT2D eigenvalue weighted by Crippen LogP contribution is 2.51. The van der Waals surface area contributed by atoms with Gasteiger partial charge in [0.1, 0.15) is 0 Å². The Labute approximate surface area is 155 Å². The molecule has 3 aromatic rings. The molecule has 9 heteroatoms. The normalized spacial score (nSPS) is 10.6. The lowest BCUT2D eigenvalue weighted by molar-refractivity contribution is -0.382. The van der Waals surface area contributed by atoms with Crippen molar-refractivity contribution in [1.82, 2.24) is 0 Å². The van der Waals surface area contributed by atoms with Gasteiger partial charge in [-0.05, 0) is 35.4 Å². The lowest BCUT2D eigenvalue weighted by Gasteiger charge is -2.05. The van der Waals surface area contributed by atoms with Gasteiger partial charge >= 0.3 is 10.0 Å². The summed E-state index contributed by atoms with van der Waals surface area (Å²) in [7, 11) is 0. The molecule has 0 fully saturated rings.